The minimum absolute atomic E-state index is 0.117. The Balaban J connectivity index is 1.92. The number of carbonyl (C=O) groups excluding carboxylic acids is 1. The molecule has 1 amide bonds. The average molecular weight is 411 g/mol. The molecule has 0 aromatic heterocycles. The Morgan fingerprint density at radius 1 is 1.20 bits per heavy atom. The number of hydrazone groups is 1. The molecule has 2 aromatic carbocycles. The van der Waals surface area contributed by atoms with E-state index >= 15 is 0 Å². The van der Waals surface area contributed by atoms with Crippen LogP contribution in [0.1, 0.15) is 5.56 Å². The van der Waals surface area contributed by atoms with Gasteiger partial charge in [-0.1, -0.05) is 15.9 Å². The van der Waals surface area contributed by atoms with Gasteiger partial charge < -0.3 is 24.8 Å². The zero-order valence-electron chi connectivity index (χ0n) is 13.1. The predicted molar refractivity (Wildman–Crippen MR) is 93.4 cm³/mol. The molecule has 2 aromatic rings. The van der Waals surface area contributed by atoms with Crippen molar-refractivity contribution in [1.82, 2.24) is 5.43 Å². The lowest BCUT2D eigenvalue weighted by atomic mass is 10.2. The highest BCUT2D eigenvalue weighted by Gasteiger charge is 2.10. The maximum atomic E-state index is 11.7. The van der Waals surface area contributed by atoms with Crippen LogP contribution in [-0.2, 0) is 4.79 Å². The fraction of sp³-hybridized carbons (Fsp3) is 0.125. The van der Waals surface area contributed by atoms with E-state index in [2.05, 4.69) is 26.5 Å². The van der Waals surface area contributed by atoms with E-state index in [-0.39, 0.29) is 12.2 Å². The van der Waals surface area contributed by atoms with Gasteiger partial charge in [-0.15, -0.1) is 0 Å². The van der Waals surface area contributed by atoms with Crippen LogP contribution in [0.15, 0.2) is 39.9 Å². The van der Waals surface area contributed by atoms with Crippen LogP contribution in [0.2, 0.25) is 0 Å². The lowest BCUT2D eigenvalue weighted by Gasteiger charge is -2.10. The smallest absolute Gasteiger partial charge is 0.277 e. The zero-order valence-corrected chi connectivity index (χ0v) is 14.6. The fourth-order valence-corrected chi connectivity index (χ4v) is 2.14. The summed E-state index contributed by atoms with van der Waals surface area (Å²) in [6.45, 7) is -0.303. The lowest BCUT2D eigenvalue weighted by molar-refractivity contribution is -0.123. The van der Waals surface area contributed by atoms with Gasteiger partial charge in [0, 0.05) is 10.0 Å². The third kappa shape index (κ3) is 4.77. The molecule has 4 N–H and O–H groups in total. The van der Waals surface area contributed by atoms with Crippen LogP contribution in [0, 0.1) is 0 Å². The van der Waals surface area contributed by atoms with Gasteiger partial charge in [0.05, 0.1) is 13.3 Å². The summed E-state index contributed by atoms with van der Waals surface area (Å²) >= 11 is 3.30. The normalized spacial score (nSPS) is 10.6. The van der Waals surface area contributed by atoms with Crippen molar-refractivity contribution in [2.45, 2.75) is 0 Å². The Morgan fingerprint density at radius 2 is 1.96 bits per heavy atom. The molecule has 9 heteroatoms. The van der Waals surface area contributed by atoms with E-state index in [0.29, 0.717) is 11.5 Å². The Bertz CT molecular complexity index is 809. The number of nitrogens with one attached hydrogen (secondary N) is 1. The maximum Gasteiger partial charge on any atom is 0.277 e. The number of halogens is 1. The molecule has 0 atom stereocenters. The van der Waals surface area contributed by atoms with Gasteiger partial charge in [-0.25, -0.2) is 5.43 Å². The summed E-state index contributed by atoms with van der Waals surface area (Å²) in [5.74, 6) is -1.35. The summed E-state index contributed by atoms with van der Waals surface area (Å²) in [7, 11) is 1.48. The first-order valence-corrected chi connectivity index (χ1v) is 7.73. The van der Waals surface area contributed by atoms with Gasteiger partial charge >= 0.3 is 0 Å². The number of nitrogens with zero attached hydrogens (tertiary/aromatic N) is 1. The number of aromatic hydroxyl groups is 3. The van der Waals surface area contributed by atoms with Crippen molar-refractivity contribution < 1.29 is 29.6 Å². The van der Waals surface area contributed by atoms with Crippen LogP contribution in [0.4, 0.5) is 0 Å². The van der Waals surface area contributed by atoms with Crippen LogP contribution in [-0.4, -0.2) is 41.2 Å². The molecule has 8 nitrogen and oxygen atoms in total. The van der Waals surface area contributed by atoms with Crippen LogP contribution < -0.4 is 14.9 Å². The second-order valence-electron chi connectivity index (χ2n) is 4.75. The van der Waals surface area contributed by atoms with Gasteiger partial charge in [0.2, 0.25) is 5.75 Å². The maximum absolute atomic E-state index is 11.7. The molecule has 0 saturated heterocycles. The van der Waals surface area contributed by atoms with Gasteiger partial charge in [-0.3, -0.25) is 4.79 Å². The van der Waals surface area contributed by atoms with Crippen LogP contribution >= 0.6 is 15.9 Å². The molecule has 2 rings (SSSR count). The van der Waals surface area contributed by atoms with Crippen LogP contribution in [0.25, 0.3) is 0 Å². The summed E-state index contributed by atoms with van der Waals surface area (Å²) in [5.41, 5.74) is 2.33. The van der Waals surface area contributed by atoms with E-state index in [0.717, 1.165) is 10.7 Å². The number of phenolic OH excluding ortho intramolecular Hbond substituents is 3. The van der Waals surface area contributed by atoms with E-state index < -0.39 is 23.2 Å². The van der Waals surface area contributed by atoms with E-state index in [1.165, 1.54) is 19.2 Å². The topological polar surface area (TPSA) is 121 Å². The van der Waals surface area contributed by atoms with Crippen molar-refractivity contribution in [3.8, 4) is 28.7 Å². The molecule has 0 spiro atoms. The number of hydrogen-bond donors (Lipinski definition) is 4. The monoisotopic (exact) mass is 410 g/mol. The first-order chi connectivity index (χ1) is 11.9. The van der Waals surface area contributed by atoms with E-state index in [1.807, 2.05) is 0 Å². The minimum atomic E-state index is -0.666. The third-order valence-electron chi connectivity index (χ3n) is 3.04. The first kappa shape index (κ1) is 18.4. The number of carbonyl (C=O) groups is 1. The summed E-state index contributed by atoms with van der Waals surface area (Å²) in [4.78, 5) is 11.7. The predicted octanol–water partition coefficient (Wildman–Crippen LogP) is 2.10. The molecule has 0 unspecified atom stereocenters. The Hall–Kier alpha value is -2.94. The third-order valence-corrected chi connectivity index (χ3v) is 3.53. The van der Waals surface area contributed by atoms with Crippen molar-refractivity contribution >= 4 is 28.1 Å². The van der Waals surface area contributed by atoms with E-state index in [4.69, 9.17) is 9.47 Å². The molecule has 0 aliphatic heterocycles. The number of benzene rings is 2. The van der Waals surface area contributed by atoms with Crippen molar-refractivity contribution in [1.29, 1.82) is 0 Å². The quantitative estimate of drug-likeness (QED) is 0.328. The van der Waals surface area contributed by atoms with Crippen molar-refractivity contribution in [3.63, 3.8) is 0 Å². The first-order valence-electron chi connectivity index (χ1n) is 6.94. The number of hydrogen-bond acceptors (Lipinski definition) is 7. The molecule has 0 aliphatic rings. The highest BCUT2D eigenvalue weighted by molar-refractivity contribution is 9.10. The highest BCUT2D eigenvalue weighted by atomic mass is 79.9. The molecule has 0 radical (unpaired) electrons. The fourth-order valence-electron chi connectivity index (χ4n) is 1.80. The zero-order chi connectivity index (χ0) is 18.4. The number of methoxy groups -OCH3 is 1. The summed E-state index contributed by atoms with van der Waals surface area (Å²) < 4.78 is 11.3. The molecule has 0 saturated carbocycles. The second-order valence-corrected chi connectivity index (χ2v) is 5.66. The van der Waals surface area contributed by atoms with E-state index in [1.54, 1.807) is 18.2 Å². The van der Waals surface area contributed by atoms with Gasteiger partial charge in [0.25, 0.3) is 5.91 Å². The standard InChI is InChI=1S/C16H15BrN2O6/c1-24-13-6-10(17)3-5-12(13)25-8-14(21)19-18-7-9-2-4-11(20)16(23)15(9)22/h2-7,20,22-23H,8H2,1H3,(H,19,21). The Morgan fingerprint density at radius 3 is 2.68 bits per heavy atom. The minimum Gasteiger partial charge on any atom is -0.504 e. The van der Waals surface area contributed by atoms with Crippen molar-refractivity contribution in [2.24, 2.45) is 5.10 Å². The Labute approximate surface area is 151 Å². The molecule has 25 heavy (non-hydrogen) atoms. The van der Waals surface area contributed by atoms with Crippen LogP contribution in [0.5, 0.6) is 28.7 Å². The average Bonchev–Trinajstić information content (AvgIpc) is 2.60. The molecule has 0 fully saturated rings. The van der Waals surface area contributed by atoms with Crippen molar-refractivity contribution in [2.75, 3.05) is 13.7 Å². The second kappa shape index (κ2) is 8.25. The number of rotatable bonds is 6. The van der Waals surface area contributed by atoms with Gasteiger partial charge in [0.15, 0.2) is 29.6 Å². The van der Waals surface area contributed by atoms with Gasteiger partial charge in [-0.2, -0.15) is 5.10 Å². The number of phenols is 3. The van der Waals surface area contributed by atoms with Crippen molar-refractivity contribution in [3.05, 3.63) is 40.4 Å². The molecule has 0 aliphatic carbocycles. The Kier molecular flexibility index (Phi) is 6.07. The summed E-state index contributed by atoms with van der Waals surface area (Å²) in [6, 6.07) is 7.60. The molecular weight excluding hydrogens is 396 g/mol. The molecular formula is C16H15BrN2O6. The molecule has 0 bridgehead atoms. The van der Waals surface area contributed by atoms with Gasteiger partial charge in [-0.05, 0) is 30.3 Å². The largest absolute Gasteiger partial charge is 0.504 e. The molecule has 132 valence electrons. The van der Waals surface area contributed by atoms with Crippen LogP contribution in [0.3, 0.4) is 0 Å². The summed E-state index contributed by atoms with van der Waals surface area (Å²) in [6.07, 6.45) is 1.12. The number of amides is 1. The van der Waals surface area contributed by atoms with E-state index in [9.17, 15) is 20.1 Å². The lowest BCUT2D eigenvalue weighted by Crippen LogP contribution is -2.24. The van der Waals surface area contributed by atoms with Gasteiger partial charge in [0.1, 0.15) is 0 Å². The summed E-state index contributed by atoms with van der Waals surface area (Å²) in [5, 5.41) is 31.9. The SMILES string of the molecule is COc1cc(Br)ccc1OCC(=O)NN=Cc1ccc(O)c(O)c1O. The molecule has 0 heterocycles. The number of ether oxygens (including phenoxy) is 2. The highest BCUT2D eigenvalue weighted by Crippen LogP contribution is 2.36.